The van der Waals surface area contributed by atoms with Crippen LogP contribution in [0.15, 0.2) is 23.7 Å². The molecule has 0 spiro atoms. The highest BCUT2D eigenvalue weighted by atomic mass is 32.1. The van der Waals surface area contributed by atoms with Crippen LogP contribution < -0.4 is 4.74 Å². The van der Waals surface area contributed by atoms with Gasteiger partial charge >= 0.3 is 6.18 Å². The van der Waals surface area contributed by atoms with Gasteiger partial charge in [-0.25, -0.2) is 4.98 Å². The molecule has 2 rings (SSSR count). The van der Waals surface area contributed by atoms with E-state index in [2.05, 4.69) is 4.98 Å². The lowest BCUT2D eigenvalue weighted by Gasteiger charge is -2.11. The first-order valence-electron chi connectivity index (χ1n) is 6.05. The molecule has 1 heterocycles. The average Bonchev–Trinajstić information content (AvgIpc) is 2.83. The maximum Gasteiger partial charge on any atom is 0.417 e. The third kappa shape index (κ3) is 3.73. The number of aromatic nitrogens is 1. The van der Waals surface area contributed by atoms with E-state index in [1.165, 1.54) is 23.5 Å². The summed E-state index contributed by atoms with van der Waals surface area (Å²) in [4.78, 5) is 5.13. The molecule has 1 aromatic carbocycles. The highest BCUT2D eigenvalue weighted by Gasteiger charge is 2.34. The van der Waals surface area contributed by atoms with Crippen LogP contribution in [0.3, 0.4) is 0 Å². The number of nitriles is 1. The van der Waals surface area contributed by atoms with E-state index in [0.717, 1.165) is 22.7 Å². The lowest BCUT2D eigenvalue weighted by molar-refractivity contribution is -0.137. The van der Waals surface area contributed by atoms with Crippen molar-refractivity contribution in [3.63, 3.8) is 0 Å². The number of thiazole rings is 1. The van der Waals surface area contributed by atoms with Gasteiger partial charge in [0.1, 0.15) is 5.75 Å². The van der Waals surface area contributed by atoms with E-state index in [0.29, 0.717) is 6.42 Å². The number of hydrogen-bond acceptors (Lipinski definition) is 4. The maximum absolute atomic E-state index is 12.8. The van der Waals surface area contributed by atoms with Gasteiger partial charge in [-0.05, 0) is 25.1 Å². The molecule has 0 saturated carbocycles. The minimum atomic E-state index is -4.57. The van der Waals surface area contributed by atoms with Crippen LogP contribution in [0.5, 0.6) is 5.75 Å². The second kappa shape index (κ2) is 6.14. The summed E-state index contributed by atoms with van der Waals surface area (Å²) in [5.74, 6) is 0.100. The Morgan fingerprint density at radius 1 is 1.38 bits per heavy atom. The molecule has 0 saturated heterocycles. The minimum Gasteiger partial charge on any atom is -0.493 e. The van der Waals surface area contributed by atoms with Crippen molar-refractivity contribution in [2.75, 3.05) is 6.61 Å². The van der Waals surface area contributed by atoms with Gasteiger partial charge in [-0.3, -0.25) is 0 Å². The lowest BCUT2D eigenvalue weighted by atomic mass is 10.1. The molecule has 0 unspecified atom stereocenters. The zero-order valence-electron chi connectivity index (χ0n) is 11.1. The highest BCUT2D eigenvalue weighted by Crippen LogP contribution is 2.34. The van der Waals surface area contributed by atoms with E-state index in [-0.39, 0.29) is 12.4 Å². The predicted molar refractivity (Wildman–Crippen MR) is 72.2 cm³/mol. The van der Waals surface area contributed by atoms with E-state index in [1.807, 2.05) is 6.92 Å². The zero-order valence-corrected chi connectivity index (χ0v) is 11.9. The molecule has 0 aliphatic heterocycles. The molecular formula is C14H11F3N2OS. The van der Waals surface area contributed by atoms with Gasteiger partial charge in [-0.15, -0.1) is 11.3 Å². The fourth-order valence-corrected chi connectivity index (χ4v) is 2.54. The van der Waals surface area contributed by atoms with Crippen molar-refractivity contribution in [3.05, 3.63) is 45.4 Å². The van der Waals surface area contributed by atoms with Crippen LogP contribution in [0, 0.1) is 18.3 Å². The van der Waals surface area contributed by atoms with Crippen molar-refractivity contribution in [2.45, 2.75) is 19.5 Å². The molecule has 110 valence electrons. The van der Waals surface area contributed by atoms with Crippen molar-refractivity contribution < 1.29 is 17.9 Å². The summed E-state index contributed by atoms with van der Waals surface area (Å²) in [5, 5.41) is 8.71. The molecular weight excluding hydrogens is 301 g/mol. The summed E-state index contributed by atoms with van der Waals surface area (Å²) in [6.45, 7) is 2.13. The Labute approximate surface area is 123 Å². The molecule has 2 aromatic rings. The third-order valence-corrected chi connectivity index (χ3v) is 3.85. The number of ether oxygens (including phenoxy) is 1. The molecule has 0 bridgehead atoms. The fraction of sp³-hybridized carbons (Fsp3) is 0.286. The summed E-state index contributed by atoms with van der Waals surface area (Å²) in [6.07, 6.45) is -3.99. The topological polar surface area (TPSA) is 45.9 Å². The summed E-state index contributed by atoms with van der Waals surface area (Å²) >= 11 is 1.48. The molecule has 0 fully saturated rings. The number of aryl methyl sites for hydroxylation is 1. The highest BCUT2D eigenvalue weighted by molar-refractivity contribution is 7.09. The summed E-state index contributed by atoms with van der Waals surface area (Å²) in [7, 11) is 0. The van der Waals surface area contributed by atoms with E-state index >= 15 is 0 Å². The van der Waals surface area contributed by atoms with Crippen LogP contribution in [0.2, 0.25) is 0 Å². The third-order valence-electron chi connectivity index (χ3n) is 2.86. The van der Waals surface area contributed by atoms with Crippen LogP contribution in [-0.2, 0) is 12.6 Å². The molecule has 0 amide bonds. The summed E-state index contributed by atoms with van der Waals surface area (Å²) in [5.41, 5.74) is 1.23. The molecule has 3 nitrogen and oxygen atoms in total. The number of rotatable bonds is 4. The first-order chi connectivity index (χ1) is 9.91. The van der Waals surface area contributed by atoms with E-state index < -0.39 is 17.3 Å². The molecule has 7 heteroatoms. The Balaban J connectivity index is 2.08. The first kappa shape index (κ1) is 15.3. The molecule has 0 aliphatic carbocycles. The first-order valence-corrected chi connectivity index (χ1v) is 6.93. The number of hydrogen-bond donors (Lipinski definition) is 0. The standard InChI is InChI=1S/C14H11F3N2OS/c1-9-13(21-8-19-9)4-5-20-11-3-2-10(7-18)12(6-11)14(15,16)17/h2-3,6,8H,4-5H2,1H3. The van der Waals surface area contributed by atoms with Crippen LogP contribution >= 0.6 is 11.3 Å². The molecule has 0 radical (unpaired) electrons. The van der Waals surface area contributed by atoms with Gasteiger partial charge < -0.3 is 4.74 Å². The Kier molecular flexibility index (Phi) is 4.48. The van der Waals surface area contributed by atoms with E-state index in [4.69, 9.17) is 10.00 Å². The lowest BCUT2D eigenvalue weighted by Crippen LogP contribution is -2.09. The fourth-order valence-electron chi connectivity index (χ4n) is 1.77. The molecule has 1 aromatic heterocycles. The smallest absolute Gasteiger partial charge is 0.417 e. The Morgan fingerprint density at radius 2 is 2.14 bits per heavy atom. The average molecular weight is 312 g/mol. The van der Waals surface area contributed by atoms with Gasteiger partial charge in [0.15, 0.2) is 0 Å². The summed E-state index contributed by atoms with van der Waals surface area (Å²) in [6, 6.07) is 4.88. The molecule has 0 aliphatic rings. The Morgan fingerprint density at radius 3 is 2.71 bits per heavy atom. The number of benzene rings is 1. The van der Waals surface area contributed by atoms with Crippen molar-refractivity contribution in [1.29, 1.82) is 5.26 Å². The summed E-state index contributed by atoms with van der Waals surface area (Å²) < 4.78 is 43.7. The monoisotopic (exact) mass is 312 g/mol. The van der Waals surface area contributed by atoms with E-state index in [9.17, 15) is 13.2 Å². The van der Waals surface area contributed by atoms with Crippen molar-refractivity contribution in [2.24, 2.45) is 0 Å². The number of alkyl halides is 3. The maximum atomic E-state index is 12.8. The second-order valence-corrected chi connectivity index (χ2v) is 5.22. The second-order valence-electron chi connectivity index (χ2n) is 4.28. The van der Waals surface area contributed by atoms with Gasteiger partial charge in [-0.1, -0.05) is 0 Å². The van der Waals surface area contributed by atoms with Gasteiger partial charge in [0.25, 0.3) is 0 Å². The van der Waals surface area contributed by atoms with Gasteiger partial charge in [0.05, 0.1) is 35.0 Å². The van der Waals surface area contributed by atoms with Crippen molar-refractivity contribution in [3.8, 4) is 11.8 Å². The van der Waals surface area contributed by atoms with Crippen LogP contribution in [-0.4, -0.2) is 11.6 Å². The number of halogens is 3. The predicted octanol–water partition coefficient (Wildman–Crippen LogP) is 3.96. The number of nitrogens with zero attached hydrogens (tertiary/aromatic N) is 2. The van der Waals surface area contributed by atoms with Gasteiger partial charge in [0, 0.05) is 11.3 Å². The normalized spacial score (nSPS) is 11.2. The zero-order chi connectivity index (χ0) is 15.5. The SMILES string of the molecule is Cc1ncsc1CCOc1ccc(C#N)c(C(F)(F)F)c1. The van der Waals surface area contributed by atoms with Crippen molar-refractivity contribution >= 4 is 11.3 Å². The van der Waals surface area contributed by atoms with Crippen LogP contribution in [0.4, 0.5) is 13.2 Å². The van der Waals surface area contributed by atoms with Crippen LogP contribution in [0.1, 0.15) is 21.7 Å². The molecule has 0 N–H and O–H groups in total. The quantitative estimate of drug-likeness (QED) is 0.858. The molecule has 21 heavy (non-hydrogen) atoms. The Hall–Kier alpha value is -2.07. The van der Waals surface area contributed by atoms with Crippen molar-refractivity contribution in [1.82, 2.24) is 4.98 Å². The van der Waals surface area contributed by atoms with Gasteiger partial charge in [0.2, 0.25) is 0 Å². The molecule has 0 atom stereocenters. The Bertz CT molecular complexity index is 674. The van der Waals surface area contributed by atoms with E-state index in [1.54, 1.807) is 5.51 Å². The minimum absolute atomic E-state index is 0.100. The van der Waals surface area contributed by atoms with Gasteiger partial charge in [-0.2, -0.15) is 18.4 Å². The largest absolute Gasteiger partial charge is 0.493 e. The van der Waals surface area contributed by atoms with Crippen LogP contribution in [0.25, 0.3) is 0 Å².